The summed E-state index contributed by atoms with van der Waals surface area (Å²) in [4.78, 5) is 13.0. The van der Waals surface area contributed by atoms with Crippen molar-refractivity contribution in [2.45, 2.75) is 9.79 Å². The molecule has 4 nitrogen and oxygen atoms in total. The van der Waals surface area contributed by atoms with Crippen LogP contribution in [0, 0.1) is 0 Å². The number of carbonyl (C=O) groups is 1. The number of hydrogen-bond donors (Lipinski definition) is 2. The van der Waals surface area contributed by atoms with E-state index in [-0.39, 0.29) is 0 Å². The summed E-state index contributed by atoms with van der Waals surface area (Å²) < 4.78 is 5.28. The zero-order chi connectivity index (χ0) is 13.8. The standard InChI is InChI=1S/C14H14N2O2S/c1-18-11-4-2-3-5-12(11)19-13-8-9(15)6-7-10(13)14(16)17/h2-8H,15H2,1H3,(H2,16,17). The molecule has 0 bridgehead atoms. The highest BCUT2D eigenvalue weighted by Gasteiger charge is 2.12. The normalized spacial score (nSPS) is 10.2. The second-order valence-electron chi connectivity index (χ2n) is 3.87. The van der Waals surface area contributed by atoms with E-state index in [9.17, 15) is 4.79 Å². The zero-order valence-electron chi connectivity index (χ0n) is 10.4. The van der Waals surface area contributed by atoms with E-state index in [1.807, 2.05) is 24.3 Å². The molecular formula is C14H14N2O2S. The predicted molar refractivity (Wildman–Crippen MR) is 76.5 cm³/mol. The molecule has 0 heterocycles. The Balaban J connectivity index is 2.42. The summed E-state index contributed by atoms with van der Waals surface area (Å²) >= 11 is 1.40. The van der Waals surface area contributed by atoms with Gasteiger partial charge in [0.2, 0.25) is 5.91 Å². The number of ether oxygens (including phenoxy) is 1. The molecule has 0 spiro atoms. The number of nitrogen functional groups attached to an aromatic ring is 1. The summed E-state index contributed by atoms with van der Waals surface area (Å²) in [5.41, 5.74) is 12.2. The first-order valence-electron chi connectivity index (χ1n) is 5.62. The van der Waals surface area contributed by atoms with Gasteiger partial charge < -0.3 is 16.2 Å². The monoisotopic (exact) mass is 274 g/mol. The molecule has 0 radical (unpaired) electrons. The van der Waals surface area contributed by atoms with Crippen molar-refractivity contribution in [2.75, 3.05) is 12.8 Å². The Hall–Kier alpha value is -2.14. The number of amides is 1. The number of methoxy groups -OCH3 is 1. The molecule has 0 fully saturated rings. The van der Waals surface area contributed by atoms with Gasteiger partial charge in [0.25, 0.3) is 0 Å². The molecular weight excluding hydrogens is 260 g/mol. The van der Waals surface area contributed by atoms with Gasteiger partial charge in [0.1, 0.15) is 5.75 Å². The van der Waals surface area contributed by atoms with Crippen LogP contribution in [0.4, 0.5) is 5.69 Å². The Morgan fingerprint density at radius 3 is 2.58 bits per heavy atom. The van der Waals surface area contributed by atoms with Crippen LogP contribution in [0.2, 0.25) is 0 Å². The number of rotatable bonds is 4. The third-order valence-electron chi connectivity index (χ3n) is 2.56. The average Bonchev–Trinajstić information content (AvgIpc) is 2.39. The van der Waals surface area contributed by atoms with Crippen molar-refractivity contribution in [3.05, 3.63) is 48.0 Å². The van der Waals surface area contributed by atoms with Crippen LogP contribution >= 0.6 is 11.8 Å². The van der Waals surface area contributed by atoms with Crippen molar-refractivity contribution in [1.82, 2.24) is 0 Å². The van der Waals surface area contributed by atoms with Crippen molar-refractivity contribution in [3.63, 3.8) is 0 Å². The summed E-state index contributed by atoms with van der Waals surface area (Å²) in [7, 11) is 1.60. The van der Waals surface area contributed by atoms with Crippen molar-refractivity contribution < 1.29 is 9.53 Å². The fourth-order valence-corrected chi connectivity index (χ4v) is 2.76. The second-order valence-corrected chi connectivity index (χ2v) is 4.96. The smallest absolute Gasteiger partial charge is 0.249 e. The maximum absolute atomic E-state index is 11.4. The minimum atomic E-state index is -0.475. The van der Waals surface area contributed by atoms with E-state index in [2.05, 4.69) is 0 Å². The van der Waals surface area contributed by atoms with Crippen LogP contribution in [-0.4, -0.2) is 13.0 Å². The van der Waals surface area contributed by atoms with Gasteiger partial charge in [0.05, 0.1) is 17.6 Å². The number of para-hydroxylation sites is 1. The number of anilines is 1. The van der Waals surface area contributed by atoms with Crippen molar-refractivity contribution in [2.24, 2.45) is 5.73 Å². The Bertz CT molecular complexity index is 614. The van der Waals surface area contributed by atoms with Gasteiger partial charge >= 0.3 is 0 Å². The fourth-order valence-electron chi connectivity index (χ4n) is 1.65. The lowest BCUT2D eigenvalue weighted by atomic mass is 10.2. The summed E-state index contributed by atoms with van der Waals surface area (Å²) in [6.45, 7) is 0. The first-order valence-corrected chi connectivity index (χ1v) is 6.43. The van der Waals surface area contributed by atoms with Gasteiger partial charge in [-0.05, 0) is 30.3 Å². The topological polar surface area (TPSA) is 78.3 Å². The van der Waals surface area contributed by atoms with Crippen LogP contribution in [-0.2, 0) is 0 Å². The molecule has 19 heavy (non-hydrogen) atoms. The van der Waals surface area contributed by atoms with Gasteiger partial charge in [-0.3, -0.25) is 4.79 Å². The first kappa shape index (κ1) is 13.3. The Kier molecular flexibility index (Phi) is 3.97. The molecule has 98 valence electrons. The van der Waals surface area contributed by atoms with Crippen LogP contribution in [0.3, 0.4) is 0 Å². The molecule has 0 aliphatic rings. The number of primary amides is 1. The van der Waals surface area contributed by atoms with E-state index in [0.29, 0.717) is 11.3 Å². The number of hydrogen-bond acceptors (Lipinski definition) is 4. The summed E-state index contributed by atoms with van der Waals surface area (Å²) in [6, 6.07) is 12.6. The van der Waals surface area contributed by atoms with Crippen LogP contribution in [0.1, 0.15) is 10.4 Å². The van der Waals surface area contributed by atoms with Crippen LogP contribution in [0.25, 0.3) is 0 Å². The van der Waals surface area contributed by atoms with Crippen molar-refractivity contribution >= 4 is 23.4 Å². The molecule has 0 unspecified atom stereocenters. The minimum Gasteiger partial charge on any atom is -0.496 e. The average molecular weight is 274 g/mol. The van der Waals surface area contributed by atoms with Crippen LogP contribution < -0.4 is 16.2 Å². The summed E-state index contributed by atoms with van der Waals surface area (Å²) in [5.74, 6) is 0.266. The molecule has 0 aliphatic carbocycles. The number of carbonyl (C=O) groups excluding carboxylic acids is 1. The van der Waals surface area contributed by atoms with E-state index in [4.69, 9.17) is 16.2 Å². The number of benzene rings is 2. The lowest BCUT2D eigenvalue weighted by molar-refractivity contribution is 0.0997. The maximum atomic E-state index is 11.4. The van der Waals surface area contributed by atoms with Crippen LogP contribution in [0.5, 0.6) is 5.75 Å². The molecule has 4 N–H and O–H groups in total. The first-order chi connectivity index (χ1) is 9.11. The highest BCUT2D eigenvalue weighted by molar-refractivity contribution is 7.99. The quantitative estimate of drug-likeness (QED) is 0.840. The van der Waals surface area contributed by atoms with E-state index >= 15 is 0 Å². The van der Waals surface area contributed by atoms with Crippen molar-refractivity contribution in [3.8, 4) is 5.75 Å². The highest BCUT2D eigenvalue weighted by Crippen LogP contribution is 2.37. The lowest BCUT2D eigenvalue weighted by Crippen LogP contribution is -2.12. The highest BCUT2D eigenvalue weighted by atomic mass is 32.2. The van der Waals surface area contributed by atoms with Gasteiger partial charge in [-0.1, -0.05) is 23.9 Å². The van der Waals surface area contributed by atoms with Gasteiger partial charge in [-0.2, -0.15) is 0 Å². The summed E-state index contributed by atoms with van der Waals surface area (Å²) in [5, 5.41) is 0. The molecule has 0 saturated carbocycles. The largest absolute Gasteiger partial charge is 0.496 e. The SMILES string of the molecule is COc1ccccc1Sc1cc(N)ccc1C(N)=O. The molecule has 0 aromatic heterocycles. The number of nitrogens with two attached hydrogens (primary N) is 2. The molecule has 2 rings (SSSR count). The van der Waals surface area contributed by atoms with E-state index in [1.165, 1.54) is 11.8 Å². The van der Waals surface area contributed by atoms with E-state index in [0.717, 1.165) is 15.5 Å². The molecule has 5 heteroatoms. The Labute approximate surface area is 115 Å². The minimum absolute atomic E-state index is 0.449. The molecule has 0 aliphatic heterocycles. The zero-order valence-corrected chi connectivity index (χ0v) is 11.2. The fraction of sp³-hybridized carbons (Fsp3) is 0.0714. The Morgan fingerprint density at radius 2 is 1.89 bits per heavy atom. The predicted octanol–water partition coefficient (Wildman–Crippen LogP) is 2.53. The molecule has 1 amide bonds. The molecule has 0 atom stereocenters. The van der Waals surface area contributed by atoms with Crippen LogP contribution in [0.15, 0.2) is 52.3 Å². The molecule has 0 saturated heterocycles. The van der Waals surface area contributed by atoms with Gasteiger partial charge in [0.15, 0.2) is 0 Å². The van der Waals surface area contributed by atoms with Gasteiger partial charge in [-0.15, -0.1) is 0 Å². The van der Waals surface area contributed by atoms with E-state index in [1.54, 1.807) is 25.3 Å². The maximum Gasteiger partial charge on any atom is 0.249 e. The Morgan fingerprint density at radius 1 is 1.16 bits per heavy atom. The van der Waals surface area contributed by atoms with Crippen molar-refractivity contribution in [1.29, 1.82) is 0 Å². The molecule has 2 aromatic carbocycles. The summed E-state index contributed by atoms with van der Waals surface area (Å²) in [6.07, 6.45) is 0. The van der Waals surface area contributed by atoms with Gasteiger partial charge in [0, 0.05) is 10.6 Å². The van der Waals surface area contributed by atoms with Gasteiger partial charge in [-0.25, -0.2) is 0 Å². The third-order valence-corrected chi connectivity index (χ3v) is 3.67. The second kappa shape index (κ2) is 5.67. The lowest BCUT2D eigenvalue weighted by Gasteiger charge is -2.10. The third kappa shape index (κ3) is 3.00. The van der Waals surface area contributed by atoms with E-state index < -0.39 is 5.91 Å². The molecule has 2 aromatic rings.